The molecule has 1 atom stereocenters. The van der Waals surface area contributed by atoms with Crippen molar-refractivity contribution in [1.29, 1.82) is 0 Å². The van der Waals surface area contributed by atoms with E-state index in [0.717, 1.165) is 35.1 Å². The monoisotopic (exact) mass is 673 g/mol. The van der Waals surface area contributed by atoms with E-state index in [2.05, 4.69) is 119 Å². The van der Waals surface area contributed by atoms with E-state index in [1.54, 1.807) is 0 Å². The van der Waals surface area contributed by atoms with Gasteiger partial charge < -0.3 is 0 Å². The van der Waals surface area contributed by atoms with Crippen LogP contribution in [-0.4, -0.2) is 18.4 Å². The number of fused-ring (bicyclic) bond motifs is 1. The van der Waals surface area contributed by atoms with Crippen LogP contribution in [0.4, 0.5) is 0 Å². The van der Waals surface area contributed by atoms with Gasteiger partial charge in [0.25, 0.3) is 0 Å². The first kappa shape index (κ1) is 37.4. The zero-order valence-electron chi connectivity index (χ0n) is 31.2. The standard InChI is InChI=1S/C48H55N3/c1-7-20-39(29-28-36(2)41-30-31-45-44(34-41)37(3)21-13-9-8-10-18-32-48(45,4)5)42-26-19-27-43(33-42)47(50-35-38-22-14-11-15-23-38)51-46(49-6)40-24-16-12-17-25-40/h11-12,14-17,19-20,22-31,33-34,36H,3,6-10,13,18,21,32,35H2,1-2,4-5H3/b29-28-,39-20+,50-47-,51-46-. The summed E-state index contributed by atoms with van der Waals surface area (Å²) in [6, 6.07) is 36.0. The van der Waals surface area contributed by atoms with E-state index >= 15 is 0 Å². The minimum absolute atomic E-state index is 0.138. The number of benzene rings is 4. The zero-order chi connectivity index (χ0) is 36.1. The van der Waals surface area contributed by atoms with E-state index in [9.17, 15) is 0 Å². The number of allylic oxidation sites excluding steroid dienone is 5. The molecule has 4 aromatic rings. The molecule has 5 rings (SSSR count). The second-order valence-corrected chi connectivity index (χ2v) is 14.4. The molecule has 1 aliphatic carbocycles. The third-order valence-electron chi connectivity index (χ3n) is 10.1. The lowest BCUT2D eigenvalue weighted by Crippen LogP contribution is -2.19. The molecular formula is C48H55N3. The highest BCUT2D eigenvalue weighted by Gasteiger charge is 2.25. The van der Waals surface area contributed by atoms with Crippen molar-refractivity contribution in [3.63, 3.8) is 0 Å². The third kappa shape index (κ3) is 10.3. The molecule has 0 aliphatic heterocycles. The fourth-order valence-corrected chi connectivity index (χ4v) is 6.95. The Morgan fingerprint density at radius 3 is 2.22 bits per heavy atom. The molecule has 0 saturated carbocycles. The van der Waals surface area contributed by atoms with Crippen LogP contribution in [0.3, 0.4) is 0 Å². The van der Waals surface area contributed by atoms with Gasteiger partial charge in [-0.15, -0.1) is 0 Å². The predicted octanol–water partition coefficient (Wildman–Crippen LogP) is 13.0. The molecule has 0 radical (unpaired) electrons. The summed E-state index contributed by atoms with van der Waals surface area (Å²) < 4.78 is 0. The van der Waals surface area contributed by atoms with Gasteiger partial charge in [0.15, 0.2) is 11.7 Å². The largest absolute Gasteiger partial charge is 0.261 e. The van der Waals surface area contributed by atoms with Crippen LogP contribution in [0.1, 0.15) is 124 Å². The molecule has 51 heavy (non-hydrogen) atoms. The number of hydrogen-bond donors (Lipinski definition) is 0. The molecule has 3 nitrogen and oxygen atoms in total. The molecule has 262 valence electrons. The van der Waals surface area contributed by atoms with Gasteiger partial charge >= 0.3 is 0 Å². The molecule has 0 spiro atoms. The molecule has 3 heteroatoms. The topological polar surface area (TPSA) is 37.1 Å². The Kier molecular flexibility index (Phi) is 13.5. The number of aliphatic imine (C=N–C) groups is 3. The Morgan fingerprint density at radius 2 is 1.47 bits per heavy atom. The molecule has 0 fully saturated rings. The van der Waals surface area contributed by atoms with Crippen LogP contribution in [0, 0.1) is 0 Å². The maximum Gasteiger partial charge on any atom is 0.161 e. The third-order valence-corrected chi connectivity index (χ3v) is 10.1. The number of nitrogens with zero attached hydrogens (tertiary/aromatic N) is 3. The highest BCUT2D eigenvalue weighted by Crippen LogP contribution is 2.38. The van der Waals surface area contributed by atoms with Crippen LogP contribution in [0.15, 0.2) is 143 Å². The first-order chi connectivity index (χ1) is 24.8. The highest BCUT2D eigenvalue weighted by molar-refractivity contribution is 6.12. The Labute approximate surface area is 307 Å². The van der Waals surface area contributed by atoms with Crippen LogP contribution in [0.5, 0.6) is 0 Å². The maximum atomic E-state index is 5.01. The summed E-state index contributed by atoms with van der Waals surface area (Å²) in [4.78, 5) is 14.3. The van der Waals surface area contributed by atoms with Crippen molar-refractivity contribution in [1.82, 2.24) is 0 Å². The van der Waals surface area contributed by atoms with Crippen molar-refractivity contribution < 1.29 is 0 Å². The molecular weight excluding hydrogens is 619 g/mol. The first-order valence-corrected chi connectivity index (χ1v) is 18.8. The van der Waals surface area contributed by atoms with Gasteiger partial charge in [-0.2, -0.15) is 0 Å². The van der Waals surface area contributed by atoms with Crippen molar-refractivity contribution in [3.8, 4) is 0 Å². The van der Waals surface area contributed by atoms with Gasteiger partial charge in [0.05, 0.1) is 6.54 Å². The molecule has 0 amide bonds. The fourth-order valence-electron chi connectivity index (χ4n) is 6.95. The summed E-state index contributed by atoms with van der Waals surface area (Å²) in [5.74, 6) is 1.42. The summed E-state index contributed by atoms with van der Waals surface area (Å²) in [5.41, 5.74) is 10.9. The Balaban J connectivity index is 1.46. The quantitative estimate of drug-likeness (QED) is 0.0963. The highest BCUT2D eigenvalue weighted by atomic mass is 15.0. The van der Waals surface area contributed by atoms with Crippen LogP contribution in [0.25, 0.3) is 11.1 Å². The van der Waals surface area contributed by atoms with E-state index < -0.39 is 0 Å². The Morgan fingerprint density at radius 1 is 0.784 bits per heavy atom. The Hall–Kier alpha value is -4.89. The van der Waals surface area contributed by atoms with E-state index in [-0.39, 0.29) is 11.3 Å². The fraction of sp³-hybridized carbons (Fsp3) is 0.312. The van der Waals surface area contributed by atoms with Crippen molar-refractivity contribution in [2.45, 2.75) is 96.9 Å². The molecule has 0 heterocycles. The summed E-state index contributed by atoms with van der Waals surface area (Å²) >= 11 is 0. The van der Waals surface area contributed by atoms with Gasteiger partial charge in [-0.3, -0.25) is 4.99 Å². The normalized spacial score (nSPS) is 16.7. The first-order valence-electron chi connectivity index (χ1n) is 18.8. The van der Waals surface area contributed by atoms with E-state index in [1.807, 2.05) is 48.5 Å². The van der Waals surface area contributed by atoms with Crippen LogP contribution >= 0.6 is 0 Å². The molecule has 1 aliphatic rings. The summed E-state index contributed by atoms with van der Waals surface area (Å²) in [6.45, 7) is 18.3. The molecule has 0 saturated heterocycles. The van der Waals surface area contributed by atoms with Crippen molar-refractivity contribution >= 4 is 29.5 Å². The molecule has 1 unspecified atom stereocenters. The van der Waals surface area contributed by atoms with E-state index in [4.69, 9.17) is 9.98 Å². The second-order valence-electron chi connectivity index (χ2n) is 14.4. The van der Waals surface area contributed by atoms with Gasteiger partial charge in [0, 0.05) is 11.1 Å². The molecule has 0 N–H and O–H groups in total. The van der Waals surface area contributed by atoms with Crippen LogP contribution < -0.4 is 0 Å². The number of rotatable bonds is 9. The maximum absolute atomic E-state index is 5.01. The SMILES string of the molecule is C=N/C(=N\C(=N/Cc1ccccc1)c1cccc(C(/C=C\C(C)c2ccc3c(c2)C(=C)CCCCCCCC3(C)C)=C/CC)c1)c1ccccc1. The predicted molar refractivity (Wildman–Crippen MR) is 222 cm³/mol. The van der Waals surface area contributed by atoms with Crippen LogP contribution in [-0.2, 0) is 12.0 Å². The van der Waals surface area contributed by atoms with Gasteiger partial charge in [-0.05, 0) is 88.8 Å². The summed E-state index contributed by atoms with van der Waals surface area (Å²) in [6.07, 6.45) is 16.6. The summed E-state index contributed by atoms with van der Waals surface area (Å²) in [7, 11) is 0. The second kappa shape index (κ2) is 18.4. The molecule has 0 bridgehead atoms. The Bertz CT molecular complexity index is 1890. The van der Waals surface area contributed by atoms with Gasteiger partial charge in [0.2, 0.25) is 0 Å². The average molecular weight is 674 g/mol. The van der Waals surface area contributed by atoms with E-state index in [0.29, 0.717) is 18.2 Å². The van der Waals surface area contributed by atoms with Crippen molar-refractivity contribution in [3.05, 3.63) is 167 Å². The van der Waals surface area contributed by atoms with Gasteiger partial charge in [-0.1, -0.05) is 175 Å². The van der Waals surface area contributed by atoms with Gasteiger partial charge in [-0.25, -0.2) is 9.98 Å². The minimum Gasteiger partial charge on any atom is -0.261 e. The lowest BCUT2D eigenvalue weighted by atomic mass is 9.75. The molecule has 4 aromatic carbocycles. The van der Waals surface area contributed by atoms with Gasteiger partial charge in [0.1, 0.15) is 0 Å². The van der Waals surface area contributed by atoms with Crippen molar-refractivity contribution in [2.24, 2.45) is 15.0 Å². The smallest absolute Gasteiger partial charge is 0.161 e. The summed E-state index contributed by atoms with van der Waals surface area (Å²) in [5, 5.41) is 0. The van der Waals surface area contributed by atoms with Crippen LogP contribution in [0.2, 0.25) is 0 Å². The van der Waals surface area contributed by atoms with Crippen molar-refractivity contribution in [2.75, 3.05) is 0 Å². The average Bonchev–Trinajstić information content (AvgIpc) is 3.18. The van der Waals surface area contributed by atoms with E-state index in [1.165, 1.54) is 66.4 Å². The number of hydrogen-bond acceptors (Lipinski definition) is 1. The minimum atomic E-state index is 0.138. The lowest BCUT2D eigenvalue weighted by Gasteiger charge is -2.29. The molecule has 0 aromatic heterocycles. The lowest BCUT2D eigenvalue weighted by molar-refractivity contribution is 0.444. The number of amidine groups is 2. The zero-order valence-corrected chi connectivity index (χ0v) is 31.2.